The van der Waals surface area contributed by atoms with Gasteiger partial charge in [0.2, 0.25) is 0 Å². The van der Waals surface area contributed by atoms with Gasteiger partial charge in [0.25, 0.3) is 0 Å². The fourth-order valence-corrected chi connectivity index (χ4v) is 0.844. The summed E-state index contributed by atoms with van der Waals surface area (Å²) in [5, 5.41) is 7.71. The summed E-state index contributed by atoms with van der Waals surface area (Å²) in [5.74, 6) is 0. The van der Waals surface area contributed by atoms with E-state index in [0.29, 0.717) is 13.2 Å². The van der Waals surface area contributed by atoms with Gasteiger partial charge in [-0.3, -0.25) is 0 Å². The molecule has 0 aliphatic rings. The van der Waals surface area contributed by atoms with Crippen molar-refractivity contribution in [2.75, 3.05) is 13.2 Å². The van der Waals surface area contributed by atoms with Crippen LogP contribution in [0.1, 0.15) is 12.6 Å². The van der Waals surface area contributed by atoms with Gasteiger partial charge >= 0.3 is 0 Å². The largest absolute Gasteiger partial charge is 0.380 e. The molecule has 12 heavy (non-hydrogen) atoms. The average Bonchev–Trinajstić information content (AvgIpc) is 2.53. The molecule has 0 aliphatic carbocycles. The molecular weight excluding hydrogens is 156 g/mol. The fourth-order valence-electron chi connectivity index (χ4n) is 0.844. The van der Waals surface area contributed by atoms with Crippen LogP contribution in [0.3, 0.4) is 0 Å². The molecular formula is C7H14N4O. The predicted molar refractivity (Wildman–Crippen MR) is 44.4 cm³/mol. The van der Waals surface area contributed by atoms with Gasteiger partial charge in [-0.25, -0.2) is 4.68 Å². The van der Waals surface area contributed by atoms with Crippen LogP contribution in [0.15, 0.2) is 6.20 Å². The molecule has 68 valence electrons. The number of ether oxygens (including phenoxy) is 1. The monoisotopic (exact) mass is 170 g/mol. The number of hydrogen-bond donors (Lipinski definition) is 1. The molecule has 0 amide bonds. The van der Waals surface area contributed by atoms with E-state index in [9.17, 15) is 0 Å². The van der Waals surface area contributed by atoms with Gasteiger partial charge in [0.1, 0.15) is 0 Å². The molecule has 0 aromatic carbocycles. The summed E-state index contributed by atoms with van der Waals surface area (Å²) in [4.78, 5) is 0. The predicted octanol–water partition coefficient (Wildman–Crippen LogP) is -0.227. The minimum absolute atomic E-state index is 0.439. The van der Waals surface area contributed by atoms with E-state index in [1.54, 1.807) is 4.68 Å². The Balaban J connectivity index is 2.31. The van der Waals surface area contributed by atoms with Gasteiger partial charge in [0.15, 0.2) is 0 Å². The van der Waals surface area contributed by atoms with Crippen molar-refractivity contribution in [2.24, 2.45) is 5.73 Å². The molecule has 0 fully saturated rings. The SMILES string of the molecule is CCOCCn1cc(CN)nn1. The summed E-state index contributed by atoms with van der Waals surface area (Å²) in [5.41, 5.74) is 6.18. The van der Waals surface area contributed by atoms with Crippen molar-refractivity contribution in [3.63, 3.8) is 0 Å². The lowest BCUT2D eigenvalue weighted by Crippen LogP contribution is -2.06. The molecule has 1 aromatic rings. The number of nitrogens with zero attached hydrogens (tertiary/aromatic N) is 3. The first-order valence-electron chi connectivity index (χ1n) is 4.03. The van der Waals surface area contributed by atoms with Crippen LogP contribution in [0.2, 0.25) is 0 Å². The van der Waals surface area contributed by atoms with Gasteiger partial charge < -0.3 is 10.5 Å². The van der Waals surface area contributed by atoms with Crippen LogP contribution in [-0.4, -0.2) is 28.2 Å². The molecule has 0 spiro atoms. The molecule has 1 aromatic heterocycles. The fraction of sp³-hybridized carbons (Fsp3) is 0.714. The third-order valence-electron chi connectivity index (χ3n) is 1.46. The third kappa shape index (κ3) is 2.60. The summed E-state index contributed by atoms with van der Waals surface area (Å²) in [6.45, 7) is 4.55. The summed E-state index contributed by atoms with van der Waals surface area (Å²) in [6.07, 6.45) is 1.83. The van der Waals surface area contributed by atoms with Crippen LogP contribution >= 0.6 is 0 Å². The maximum atomic E-state index is 5.37. The van der Waals surface area contributed by atoms with Crippen molar-refractivity contribution in [3.8, 4) is 0 Å². The van der Waals surface area contributed by atoms with Crippen LogP contribution in [0.4, 0.5) is 0 Å². The van der Waals surface area contributed by atoms with E-state index in [4.69, 9.17) is 10.5 Å². The van der Waals surface area contributed by atoms with Gasteiger partial charge in [0, 0.05) is 19.3 Å². The minimum Gasteiger partial charge on any atom is -0.380 e. The number of hydrogen-bond acceptors (Lipinski definition) is 4. The Kier molecular flexibility index (Phi) is 3.69. The Morgan fingerprint density at radius 2 is 2.50 bits per heavy atom. The molecule has 2 N–H and O–H groups in total. The van der Waals surface area contributed by atoms with E-state index in [2.05, 4.69) is 10.3 Å². The zero-order valence-corrected chi connectivity index (χ0v) is 7.23. The quantitative estimate of drug-likeness (QED) is 0.620. The zero-order valence-electron chi connectivity index (χ0n) is 7.23. The van der Waals surface area contributed by atoms with Crippen molar-refractivity contribution in [1.29, 1.82) is 0 Å². The zero-order chi connectivity index (χ0) is 8.81. The standard InChI is InChI=1S/C7H14N4O/c1-2-12-4-3-11-6-7(5-8)9-10-11/h6H,2-5,8H2,1H3. The lowest BCUT2D eigenvalue weighted by atomic mass is 10.5. The van der Waals surface area contributed by atoms with Crippen LogP contribution in [0, 0.1) is 0 Å². The Labute approximate surface area is 71.5 Å². The minimum atomic E-state index is 0.439. The Morgan fingerprint density at radius 3 is 3.08 bits per heavy atom. The van der Waals surface area contributed by atoms with E-state index in [0.717, 1.165) is 18.8 Å². The Morgan fingerprint density at radius 1 is 1.67 bits per heavy atom. The topological polar surface area (TPSA) is 66.0 Å². The van der Waals surface area contributed by atoms with Gasteiger partial charge in [-0.05, 0) is 6.92 Å². The maximum absolute atomic E-state index is 5.37. The summed E-state index contributed by atoms with van der Waals surface area (Å²) in [7, 11) is 0. The van der Waals surface area contributed by atoms with E-state index < -0.39 is 0 Å². The van der Waals surface area contributed by atoms with Gasteiger partial charge in [0.05, 0.1) is 18.8 Å². The highest BCUT2D eigenvalue weighted by Gasteiger charge is 1.96. The molecule has 0 saturated carbocycles. The molecule has 5 nitrogen and oxygen atoms in total. The summed E-state index contributed by atoms with van der Waals surface area (Å²) < 4.78 is 6.89. The highest BCUT2D eigenvalue weighted by Crippen LogP contribution is 1.90. The lowest BCUT2D eigenvalue weighted by Gasteiger charge is -1.99. The van der Waals surface area contributed by atoms with E-state index in [1.165, 1.54) is 0 Å². The number of rotatable bonds is 5. The molecule has 1 heterocycles. The molecule has 0 aliphatic heterocycles. The maximum Gasteiger partial charge on any atom is 0.0962 e. The van der Waals surface area contributed by atoms with E-state index in [1.807, 2.05) is 13.1 Å². The van der Waals surface area contributed by atoms with Gasteiger partial charge in [-0.2, -0.15) is 0 Å². The molecule has 0 unspecified atom stereocenters. The van der Waals surface area contributed by atoms with Gasteiger partial charge in [-0.15, -0.1) is 5.10 Å². The van der Waals surface area contributed by atoms with Crippen molar-refractivity contribution in [1.82, 2.24) is 15.0 Å². The third-order valence-corrected chi connectivity index (χ3v) is 1.46. The molecule has 0 bridgehead atoms. The van der Waals surface area contributed by atoms with Crippen LogP contribution in [-0.2, 0) is 17.8 Å². The van der Waals surface area contributed by atoms with Crippen molar-refractivity contribution >= 4 is 0 Å². The van der Waals surface area contributed by atoms with Crippen molar-refractivity contribution in [2.45, 2.75) is 20.0 Å². The number of aromatic nitrogens is 3. The van der Waals surface area contributed by atoms with E-state index >= 15 is 0 Å². The Bertz CT molecular complexity index is 223. The first-order valence-corrected chi connectivity index (χ1v) is 4.03. The van der Waals surface area contributed by atoms with E-state index in [-0.39, 0.29) is 0 Å². The normalized spacial score (nSPS) is 10.5. The molecule has 0 atom stereocenters. The molecule has 0 radical (unpaired) electrons. The summed E-state index contributed by atoms with van der Waals surface area (Å²) >= 11 is 0. The highest BCUT2D eigenvalue weighted by atomic mass is 16.5. The second-order valence-electron chi connectivity index (χ2n) is 2.37. The smallest absolute Gasteiger partial charge is 0.0962 e. The second-order valence-corrected chi connectivity index (χ2v) is 2.37. The van der Waals surface area contributed by atoms with Crippen molar-refractivity contribution in [3.05, 3.63) is 11.9 Å². The first-order chi connectivity index (χ1) is 5.86. The highest BCUT2D eigenvalue weighted by molar-refractivity contribution is 4.90. The first kappa shape index (κ1) is 9.15. The average molecular weight is 170 g/mol. The lowest BCUT2D eigenvalue weighted by molar-refractivity contribution is 0.136. The van der Waals surface area contributed by atoms with Crippen LogP contribution in [0.5, 0.6) is 0 Å². The molecule has 5 heteroatoms. The van der Waals surface area contributed by atoms with Crippen molar-refractivity contribution < 1.29 is 4.74 Å². The Hall–Kier alpha value is -0.940. The molecule has 0 saturated heterocycles. The van der Waals surface area contributed by atoms with Crippen LogP contribution < -0.4 is 5.73 Å². The summed E-state index contributed by atoms with van der Waals surface area (Å²) in [6, 6.07) is 0. The van der Waals surface area contributed by atoms with Gasteiger partial charge in [-0.1, -0.05) is 5.21 Å². The molecule has 1 rings (SSSR count). The van der Waals surface area contributed by atoms with Crippen LogP contribution in [0.25, 0.3) is 0 Å². The second kappa shape index (κ2) is 4.84. The number of nitrogens with two attached hydrogens (primary N) is 1.